The van der Waals surface area contributed by atoms with Crippen LogP contribution in [0.2, 0.25) is 0 Å². The molecule has 0 spiro atoms. The average molecular weight is 360 g/mol. The predicted molar refractivity (Wildman–Crippen MR) is 98.8 cm³/mol. The van der Waals surface area contributed by atoms with Gasteiger partial charge in [-0.15, -0.1) is 11.3 Å². The van der Waals surface area contributed by atoms with Crippen molar-refractivity contribution in [3.63, 3.8) is 0 Å². The lowest BCUT2D eigenvalue weighted by Gasteiger charge is -2.24. The van der Waals surface area contributed by atoms with E-state index in [1.165, 1.54) is 42.5 Å². The van der Waals surface area contributed by atoms with Crippen LogP contribution in [0.4, 0.5) is 5.82 Å². The van der Waals surface area contributed by atoms with Crippen molar-refractivity contribution < 1.29 is 9.90 Å². The SMILES string of the molecule is NC(=O)C(O)C[C@H]1CCc2sc3ncnc(NC4CCCCC4)c3c21. The van der Waals surface area contributed by atoms with Gasteiger partial charge in [-0.05, 0) is 43.6 Å². The van der Waals surface area contributed by atoms with Crippen LogP contribution >= 0.6 is 11.3 Å². The molecule has 4 N–H and O–H groups in total. The van der Waals surface area contributed by atoms with E-state index < -0.39 is 12.0 Å². The van der Waals surface area contributed by atoms with Crippen molar-refractivity contribution in [2.45, 2.75) is 69.4 Å². The smallest absolute Gasteiger partial charge is 0.246 e. The summed E-state index contributed by atoms with van der Waals surface area (Å²) in [5.74, 6) is 0.406. The molecule has 1 saturated carbocycles. The van der Waals surface area contributed by atoms with E-state index in [-0.39, 0.29) is 5.92 Å². The van der Waals surface area contributed by atoms with Crippen LogP contribution in [-0.4, -0.2) is 33.1 Å². The van der Waals surface area contributed by atoms with Crippen LogP contribution in [-0.2, 0) is 11.2 Å². The van der Waals surface area contributed by atoms with Gasteiger partial charge >= 0.3 is 0 Å². The monoisotopic (exact) mass is 360 g/mol. The number of nitrogens with two attached hydrogens (primary N) is 1. The molecule has 1 amide bonds. The summed E-state index contributed by atoms with van der Waals surface area (Å²) in [6.45, 7) is 0. The number of aryl methyl sites for hydroxylation is 1. The van der Waals surface area contributed by atoms with Crippen molar-refractivity contribution in [3.05, 3.63) is 16.8 Å². The topological polar surface area (TPSA) is 101 Å². The van der Waals surface area contributed by atoms with Crippen LogP contribution in [0.5, 0.6) is 0 Å². The average Bonchev–Trinajstić information content (AvgIpc) is 3.16. The standard InChI is InChI=1S/C18H24N4O2S/c19-16(24)12(23)8-10-6-7-13-14(10)15-17(20-9-21-18(15)25-13)22-11-4-2-1-3-5-11/h9-12,23H,1-8H2,(H2,19,24)(H,20,21,22)/t10-,12?/m1/s1. The number of amides is 1. The van der Waals surface area contributed by atoms with Gasteiger partial charge in [-0.3, -0.25) is 4.79 Å². The number of nitrogens with zero attached hydrogens (tertiary/aromatic N) is 2. The third-order valence-electron chi connectivity index (χ3n) is 5.51. The van der Waals surface area contributed by atoms with Crippen molar-refractivity contribution in [3.8, 4) is 0 Å². The number of rotatable bonds is 5. The first-order chi connectivity index (χ1) is 12.1. The third-order valence-corrected chi connectivity index (χ3v) is 6.69. The molecular weight excluding hydrogens is 336 g/mol. The summed E-state index contributed by atoms with van der Waals surface area (Å²) < 4.78 is 0. The van der Waals surface area contributed by atoms with Gasteiger partial charge in [0.2, 0.25) is 5.91 Å². The predicted octanol–water partition coefficient (Wildman–Crippen LogP) is 2.70. The fourth-order valence-electron chi connectivity index (χ4n) is 4.24. The number of hydrogen-bond donors (Lipinski definition) is 3. The molecule has 134 valence electrons. The van der Waals surface area contributed by atoms with Crippen LogP contribution in [0.1, 0.15) is 61.3 Å². The molecule has 1 fully saturated rings. The normalized spacial score (nSPS) is 22.0. The highest BCUT2D eigenvalue weighted by atomic mass is 32.1. The van der Waals surface area contributed by atoms with Crippen molar-refractivity contribution in [1.82, 2.24) is 9.97 Å². The first-order valence-corrected chi connectivity index (χ1v) is 9.95. The highest BCUT2D eigenvalue weighted by Crippen LogP contribution is 2.47. The highest BCUT2D eigenvalue weighted by molar-refractivity contribution is 7.19. The van der Waals surface area contributed by atoms with Crippen LogP contribution in [0.3, 0.4) is 0 Å². The number of anilines is 1. The summed E-state index contributed by atoms with van der Waals surface area (Å²) in [5, 5.41) is 14.7. The molecule has 0 radical (unpaired) electrons. The minimum absolute atomic E-state index is 0.143. The molecule has 2 aliphatic rings. The van der Waals surface area contributed by atoms with Gasteiger partial charge in [0.15, 0.2) is 0 Å². The van der Waals surface area contributed by atoms with Crippen LogP contribution < -0.4 is 11.1 Å². The molecule has 2 atom stereocenters. The Morgan fingerprint density at radius 3 is 2.88 bits per heavy atom. The van der Waals surface area contributed by atoms with E-state index in [0.717, 1.165) is 28.9 Å². The maximum Gasteiger partial charge on any atom is 0.246 e. The first-order valence-electron chi connectivity index (χ1n) is 9.13. The minimum Gasteiger partial charge on any atom is -0.383 e. The lowest BCUT2D eigenvalue weighted by atomic mass is 9.93. The van der Waals surface area contributed by atoms with Crippen LogP contribution in [0.25, 0.3) is 10.2 Å². The van der Waals surface area contributed by atoms with Crippen molar-refractivity contribution >= 4 is 33.3 Å². The number of carbonyl (C=O) groups excluding carboxylic acids is 1. The fraction of sp³-hybridized carbons (Fsp3) is 0.611. The number of hydrogen-bond acceptors (Lipinski definition) is 6. The second-order valence-electron chi connectivity index (χ2n) is 7.21. The largest absolute Gasteiger partial charge is 0.383 e. The summed E-state index contributed by atoms with van der Waals surface area (Å²) in [7, 11) is 0. The zero-order valence-corrected chi connectivity index (χ0v) is 15.0. The molecule has 7 heteroatoms. The van der Waals surface area contributed by atoms with E-state index >= 15 is 0 Å². The maximum absolute atomic E-state index is 11.3. The molecule has 0 aliphatic heterocycles. The maximum atomic E-state index is 11.3. The number of nitrogens with one attached hydrogen (secondary N) is 1. The summed E-state index contributed by atoms with van der Waals surface area (Å²) in [6.07, 6.45) is 9.04. The molecule has 0 saturated heterocycles. The van der Waals surface area contributed by atoms with E-state index in [0.29, 0.717) is 12.5 Å². The van der Waals surface area contributed by atoms with E-state index in [4.69, 9.17) is 5.73 Å². The highest BCUT2D eigenvalue weighted by Gasteiger charge is 2.32. The number of thiophene rings is 1. The lowest BCUT2D eigenvalue weighted by molar-refractivity contribution is -0.126. The molecule has 2 heterocycles. The lowest BCUT2D eigenvalue weighted by Crippen LogP contribution is -2.29. The molecule has 2 aliphatic carbocycles. The zero-order valence-electron chi connectivity index (χ0n) is 14.2. The Morgan fingerprint density at radius 1 is 1.32 bits per heavy atom. The summed E-state index contributed by atoms with van der Waals surface area (Å²) in [6, 6.07) is 0.471. The summed E-state index contributed by atoms with van der Waals surface area (Å²) in [4.78, 5) is 22.6. The van der Waals surface area contributed by atoms with Gasteiger partial charge in [0.1, 0.15) is 23.1 Å². The van der Waals surface area contributed by atoms with Crippen molar-refractivity contribution in [1.29, 1.82) is 0 Å². The molecular formula is C18H24N4O2S. The molecule has 2 aromatic heterocycles. The van der Waals surface area contributed by atoms with E-state index in [1.807, 2.05) is 0 Å². The second-order valence-corrected chi connectivity index (χ2v) is 8.29. The minimum atomic E-state index is -1.09. The first kappa shape index (κ1) is 16.7. The van der Waals surface area contributed by atoms with Gasteiger partial charge in [0, 0.05) is 10.9 Å². The van der Waals surface area contributed by atoms with E-state index in [9.17, 15) is 9.90 Å². The number of fused-ring (bicyclic) bond motifs is 3. The van der Waals surface area contributed by atoms with Gasteiger partial charge < -0.3 is 16.2 Å². The number of aliphatic hydroxyl groups is 1. The molecule has 6 nitrogen and oxygen atoms in total. The van der Waals surface area contributed by atoms with Crippen LogP contribution in [0, 0.1) is 0 Å². The van der Waals surface area contributed by atoms with Gasteiger partial charge in [-0.2, -0.15) is 0 Å². The zero-order chi connectivity index (χ0) is 17.4. The second kappa shape index (κ2) is 6.88. The van der Waals surface area contributed by atoms with Gasteiger partial charge in [0.25, 0.3) is 0 Å². The Morgan fingerprint density at radius 2 is 2.12 bits per heavy atom. The van der Waals surface area contributed by atoms with Crippen LogP contribution in [0.15, 0.2) is 6.33 Å². The number of aromatic nitrogens is 2. The molecule has 0 aromatic carbocycles. The molecule has 4 rings (SSSR count). The third kappa shape index (κ3) is 3.22. The molecule has 1 unspecified atom stereocenters. The molecule has 2 aromatic rings. The van der Waals surface area contributed by atoms with Crippen molar-refractivity contribution in [2.75, 3.05) is 5.32 Å². The van der Waals surface area contributed by atoms with Gasteiger partial charge in [0.05, 0.1) is 5.39 Å². The molecule has 25 heavy (non-hydrogen) atoms. The van der Waals surface area contributed by atoms with E-state index in [2.05, 4.69) is 15.3 Å². The van der Waals surface area contributed by atoms with Gasteiger partial charge in [-0.1, -0.05) is 19.3 Å². The number of aliphatic hydroxyl groups excluding tert-OH is 1. The Hall–Kier alpha value is -1.73. The Labute approximate surface area is 150 Å². The van der Waals surface area contributed by atoms with Gasteiger partial charge in [-0.25, -0.2) is 9.97 Å². The Balaban J connectivity index is 1.67. The molecule has 0 bridgehead atoms. The number of carbonyl (C=O) groups is 1. The van der Waals surface area contributed by atoms with Crippen molar-refractivity contribution in [2.24, 2.45) is 5.73 Å². The summed E-state index contributed by atoms with van der Waals surface area (Å²) in [5.41, 5.74) is 6.47. The summed E-state index contributed by atoms with van der Waals surface area (Å²) >= 11 is 1.71. The van der Waals surface area contributed by atoms with E-state index in [1.54, 1.807) is 17.7 Å². The quantitative estimate of drug-likeness (QED) is 0.761. The Bertz CT molecular complexity index is 785. The fourth-order valence-corrected chi connectivity index (χ4v) is 5.48. The number of primary amides is 1. The Kier molecular flexibility index (Phi) is 4.60.